The molecular weight excluding hydrogens is 164 g/mol. The first-order chi connectivity index (χ1) is 6.29. The Balaban J connectivity index is 2.08. The molecule has 1 aromatic heterocycles. The Bertz CT molecular complexity index is 281. The Morgan fingerprint density at radius 1 is 1.54 bits per heavy atom. The first-order valence-corrected chi connectivity index (χ1v) is 4.91. The molecule has 0 spiro atoms. The summed E-state index contributed by atoms with van der Waals surface area (Å²) in [6.45, 7) is 2.74. The van der Waals surface area contributed by atoms with Crippen molar-refractivity contribution in [3.05, 3.63) is 11.6 Å². The van der Waals surface area contributed by atoms with Gasteiger partial charge in [-0.25, -0.2) is 4.98 Å². The van der Waals surface area contributed by atoms with Crippen LogP contribution in [-0.4, -0.2) is 15.2 Å². The van der Waals surface area contributed by atoms with Crippen LogP contribution in [-0.2, 0) is 6.54 Å². The fourth-order valence-corrected chi connectivity index (χ4v) is 2.03. The molecule has 3 N–H and O–H groups in total. The molecule has 2 unspecified atom stereocenters. The van der Waals surface area contributed by atoms with Crippen LogP contribution in [0.2, 0.25) is 0 Å². The second-order valence-corrected chi connectivity index (χ2v) is 3.96. The van der Waals surface area contributed by atoms with Gasteiger partial charge in [0, 0.05) is 5.92 Å². The van der Waals surface area contributed by atoms with E-state index in [-0.39, 0.29) is 0 Å². The van der Waals surface area contributed by atoms with E-state index in [0.717, 1.165) is 17.6 Å². The van der Waals surface area contributed by atoms with Crippen LogP contribution in [0.15, 0.2) is 0 Å². The number of hydrogen-bond acceptors (Lipinski definition) is 3. The Morgan fingerprint density at radius 2 is 2.38 bits per heavy atom. The average Bonchev–Trinajstić information content (AvgIpc) is 2.71. The third-order valence-electron chi connectivity index (χ3n) is 2.80. The van der Waals surface area contributed by atoms with Crippen molar-refractivity contribution in [2.75, 3.05) is 0 Å². The summed E-state index contributed by atoms with van der Waals surface area (Å²) in [6, 6.07) is 0. The number of hydrogen-bond donors (Lipinski definition) is 2. The van der Waals surface area contributed by atoms with Gasteiger partial charge in [-0.2, -0.15) is 5.10 Å². The molecule has 1 fully saturated rings. The SMILES string of the molecule is CC1CCC(c2n[nH]c(CN)n2)C1. The summed E-state index contributed by atoms with van der Waals surface area (Å²) in [4.78, 5) is 4.35. The molecule has 0 bridgehead atoms. The van der Waals surface area contributed by atoms with Gasteiger partial charge in [0.25, 0.3) is 0 Å². The highest BCUT2D eigenvalue weighted by Gasteiger charge is 2.25. The Labute approximate surface area is 77.9 Å². The predicted octanol–water partition coefficient (Wildman–Crippen LogP) is 1.17. The van der Waals surface area contributed by atoms with E-state index in [0.29, 0.717) is 12.5 Å². The van der Waals surface area contributed by atoms with E-state index in [1.54, 1.807) is 0 Å². The molecule has 0 radical (unpaired) electrons. The highest BCUT2D eigenvalue weighted by molar-refractivity contribution is 5.00. The number of H-pyrrole nitrogens is 1. The third-order valence-corrected chi connectivity index (χ3v) is 2.80. The molecule has 0 amide bonds. The van der Waals surface area contributed by atoms with Gasteiger partial charge < -0.3 is 5.73 Å². The van der Waals surface area contributed by atoms with Gasteiger partial charge >= 0.3 is 0 Å². The number of aromatic nitrogens is 3. The van der Waals surface area contributed by atoms with E-state index in [1.807, 2.05) is 0 Å². The van der Waals surface area contributed by atoms with Crippen LogP contribution < -0.4 is 5.73 Å². The fourth-order valence-electron chi connectivity index (χ4n) is 2.03. The Morgan fingerprint density at radius 3 is 2.92 bits per heavy atom. The monoisotopic (exact) mass is 180 g/mol. The van der Waals surface area contributed by atoms with Crippen LogP contribution in [0.5, 0.6) is 0 Å². The molecule has 72 valence electrons. The molecule has 4 nitrogen and oxygen atoms in total. The number of rotatable bonds is 2. The average molecular weight is 180 g/mol. The maximum Gasteiger partial charge on any atom is 0.153 e. The lowest BCUT2D eigenvalue weighted by atomic mass is 10.1. The van der Waals surface area contributed by atoms with Crippen molar-refractivity contribution >= 4 is 0 Å². The van der Waals surface area contributed by atoms with E-state index < -0.39 is 0 Å². The van der Waals surface area contributed by atoms with E-state index in [2.05, 4.69) is 22.1 Å². The fraction of sp³-hybridized carbons (Fsp3) is 0.778. The van der Waals surface area contributed by atoms with Crippen molar-refractivity contribution in [2.24, 2.45) is 11.7 Å². The summed E-state index contributed by atoms with van der Waals surface area (Å²) >= 11 is 0. The molecule has 2 atom stereocenters. The Hall–Kier alpha value is -0.900. The van der Waals surface area contributed by atoms with Gasteiger partial charge in [0.15, 0.2) is 5.82 Å². The van der Waals surface area contributed by atoms with Crippen molar-refractivity contribution in [3.63, 3.8) is 0 Å². The normalized spacial score (nSPS) is 28.2. The number of nitrogens with zero attached hydrogens (tertiary/aromatic N) is 2. The maximum atomic E-state index is 5.46. The van der Waals surface area contributed by atoms with Gasteiger partial charge in [-0.3, -0.25) is 5.10 Å². The molecular formula is C9H16N4. The molecule has 0 aliphatic heterocycles. The lowest BCUT2D eigenvalue weighted by molar-refractivity contribution is 0.586. The largest absolute Gasteiger partial charge is 0.324 e. The minimum Gasteiger partial charge on any atom is -0.324 e. The van der Waals surface area contributed by atoms with Crippen LogP contribution in [0.1, 0.15) is 43.8 Å². The quantitative estimate of drug-likeness (QED) is 0.717. The van der Waals surface area contributed by atoms with Crippen molar-refractivity contribution in [2.45, 2.75) is 38.6 Å². The second kappa shape index (κ2) is 3.46. The van der Waals surface area contributed by atoms with Gasteiger partial charge in [-0.1, -0.05) is 6.92 Å². The van der Waals surface area contributed by atoms with Gasteiger partial charge in [0.05, 0.1) is 6.54 Å². The van der Waals surface area contributed by atoms with Crippen LogP contribution in [0.4, 0.5) is 0 Å². The second-order valence-electron chi connectivity index (χ2n) is 3.96. The first-order valence-electron chi connectivity index (χ1n) is 4.91. The van der Waals surface area contributed by atoms with E-state index in [9.17, 15) is 0 Å². The number of aromatic amines is 1. The summed E-state index contributed by atoms with van der Waals surface area (Å²) in [5, 5.41) is 7.05. The summed E-state index contributed by atoms with van der Waals surface area (Å²) in [7, 11) is 0. The highest BCUT2D eigenvalue weighted by atomic mass is 15.2. The third kappa shape index (κ3) is 1.72. The van der Waals surface area contributed by atoms with Crippen LogP contribution in [0.3, 0.4) is 0 Å². The van der Waals surface area contributed by atoms with Crippen molar-refractivity contribution in [1.29, 1.82) is 0 Å². The number of nitrogens with two attached hydrogens (primary N) is 1. The van der Waals surface area contributed by atoms with Crippen LogP contribution in [0, 0.1) is 5.92 Å². The molecule has 0 saturated heterocycles. The molecule has 1 aliphatic carbocycles. The lowest BCUT2D eigenvalue weighted by Crippen LogP contribution is -1.99. The zero-order chi connectivity index (χ0) is 9.26. The van der Waals surface area contributed by atoms with Crippen LogP contribution >= 0.6 is 0 Å². The molecule has 2 rings (SSSR count). The topological polar surface area (TPSA) is 67.6 Å². The van der Waals surface area contributed by atoms with Crippen LogP contribution in [0.25, 0.3) is 0 Å². The summed E-state index contributed by atoms with van der Waals surface area (Å²) in [6.07, 6.45) is 3.75. The number of nitrogens with one attached hydrogen (secondary N) is 1. The molecule has 1 saturated carbocycles. The van der Waals surface area contributed by atoms with Gasteiger partial charge in [-0.15, -0.1) is 0 Å². The zero-order valence-corrected chi connectivity index (χ0v) is 7.95. The smallest absolute Gasteiger partial charge is 0.153 e. The van der Waals surface area contributed by atoms with Crippen molar-refractivity contribution in [3.8, 4) is 0 Å². The molecule has 0 aromatic carbocycles. The summed E-state index contributed by atoms with van der Waals surface area (Å²) in [5.74, 6) is 3.15. The summed E-state index contributed by atoms with van der Waals surface area (Å²) in [5.41, 5.74) is 5.46. The summed E-state index contributed by atoms with van der Waals surface area (Å²) < 4.78 is 0. The van der Waals surface area contributed by atoms with Gasteiger partial charge in [0.2, 0.25) is 0 Å². The standard InChI is InChI=1S/C9H16N4/c1-6-2-3-7(4-6)9-11-8(5-10)12-13-9/h6-7H,2-5,10H2,1H3,(H,11,12,13). The molecule has 1 aromatic rings. The van der Waals surface area contributed by atoms with E-state index >= 15 is 0 Å². The Kier molecular flexibility index (Phi) is 2.31. The van der Waals surface area contributed by atoms with Gasteiger partial charge in [0.1, 0.15) is 5.82 Å². The molecule has 1 aliphatic rings. The van der Waals surface area contributed by atoms with Gasteiger partial charge in [-0.05, 0) is 25.2 Å². The zero-order valence-electron chi connectivity index (χ0n) is 7.95. The lowest BCUT2D eigenvalue weighted by Gasteiger charge is -2.02. The maximum absolute atomic E-state index is 5.46. The van der Waals surface area contributed by atoms with Crippen molar-refractivity contribution < 1.29 is 0 Å². The minimum absolute atomic E-state index is 0.454. The van der Waals surface area contributed by atoms with Crippen molar-refractivity contribution in [1.82, 2.24) is 15.2 Å². The van der Waals surface area contributed by atoms with E-state index in [4.69, 9.17) is 5.73 Å². The molecule has 1 heterocycles. The molecule has 4 heteroatoms. The first kappa shape index (κ1) is 8.69. The minimum atomic E-state index is 0.454. The molecule has 13 heavy (non-hydrogen) atoms. The predicted molar refractivity (Wildman–Crippen MR) is 50.0 cm³/mol. The highest BCUT2D eigenvalue weighted by Crippen LogP contribution is 2.36. The van der Waals surface area contributed by atoms with E-state index in [1.165, 1.54) is 19.3 Å².